The molecule has 1 aromatic heterocycles. The van der Waals surface area contributed by atoms with E-state index in [1.165, 1.54) is 25.5 Å². The SMILES string of the molecule is CSC1(CNC(=O)C(Cc2c[nH]c3cc(F)ccc23)NC(C)=O)CCC1. The number of hydrogen-bond donors (Lipinski definition) is 3. The van der Waals surface area contributed by atoms with E-state index in [1.807, 2.05) is 0 Å². The molecule has 1 atom stereocenters. The lowest BCUT2D eigenvalue weighted by Crippen LogP contribution is -2.52. The second kappa shape index (κ2) is 7.70. The number of H-pyrrole nitrogens is 1. The van der Waals surface area contributed by atoms with E-state index in [0.717, 1.165) is 23.8 Å². The average molecular weight is 377 g/mol. The van der Waals surface area contributed by atoms with Crippen molar-refractivity contribution in [2.45, 2.75) is 43.4 Å². The van der Waals surface area contributed by atoms with Crippen molar-refractivity contribution in [1.82, 2.24) is 15.6 Å². The van der Waals surface area contributed by atoms with Gasteiger partial charge < -0.3 is 15.6 Å². The molecule has 7 heteroatoms. The first-order chi connectivity index (χ1) is 12.4. The average Bonchev–Trinajstić information content (AvgIpc) is 2.95. The highest BCUT2D eigenvalue weighted by molar-refractivity contribution is 8.00. The van der Waals surface area contributed by atoms with Gasteiger partial charge in [-0.05, 0) is 42.9 Å². The summed E-state index contributed by atoms with van der Waals surface area (Å²) >= 11 is 1.79. The van der Waals surface area contributed by atoms with E-state index < -0.39 is 6.04 Å². The highest BCUT2D eigenvalue weighted by Crippen LogP contribution is 2.42. The lowest BCUT2D eigenvalue weighted by atomic mass is 9.84. The van der Waals surface area contributed by atoms with Gasteiger partial charge in [-0.3, -0.25) is 9.59 Å². The number of aromatic nitrogens is 1. The summed E-state index contributed by atoms with van der Waals surface area (Å²) in [5.74, 6) is -0.749. The first-order valence-electron chi connectivity index (χ1n) is 8.78. The summed E-state index contributed by atoms with van der Waals surface area (Å²) in [6, 6.07) is 3.85. The van der Waals surface area contributed by atoms with E-state index >= 15 is 0 Å². The molecule has 0 bridgehead atoms. The number of rotatable bonds is 7. The van der Waals surface area contributed by atoms with Gasteiger partial charge in [0, 0.05) is 41.7 Å². The van der Waals surface area contributed by atoms with Crippen molar-refractivity contribution in [3.05, 3.63) is 35.8 Å². The summed E-state index contributed by atoms with van der Waals surface area (Å²) < 4.78 is 13.5. The Balaban J connectivity index is 1.72. The van der Waals surface area contributed by atoms with Gasteiger partial charge in [0.25, 0.3) is 0 Å². The number of nitrogens with one attached hydrogen (secondary N) is 3. The van der Waals surface area contributed by atoms with Crippen LogP contribution in [0.25, 0.3) is 10.9 Å². The molecule has 140 valence electrons. The van der Waals surface area contributed by atoms with Gasteiger partial charge in [-0.1, -0.05) is 6.42 Å². The molecule has 2 aromatic rings. The molecule has 5 nitrogen and oxygen atoms in total. The van der Waals surface area contributed by atoms with Crippen LogP contribution in [0.4, 0.5) is 4.39 Å². The van der Waals surface area contributed by atoms with Crippen LogP contribution in [0.15, 0.2) is 24.4 Å². The molecule has 1 unspecified atom stereocenters. The van der Waals surface area contributed by atoms with E-state index in [0.29, 0.717) is 18.5 Å². The minimum absolute atomic E-state index is 0.134. The highest BCUT2D eigenvalue weighted by Gasteiger charge is 2.37. The largest absolute Gasteiger partial charge is 0.361 e. The summed E-state index contributed by atoms with van der Waals surface area (Å²) in [7, 11) is 0. The van der Waals surface area contributed by atoms with E-state index in [4.69, 9.17) is 0 Å². The number of carbonyl (C=O) groups is 2. The molecule has 3 rings (SSSR count). The number of fused-ring (bicyclic) bond motifs is 1. The van der Waals surface area contributed by atoms with Crippen molar-refractivity contribution in [3.8, 4) is 0 Å². The lowest BCUT2D eigenvalue weighted by molar-refractivity contribution is -0.128. The third kappa shape index (κ3) is 4.03. The molecular formula is C19H24FN3O2S. The predicted octanol–water partition coefficient (Wildman–Crippen LogP) is 2.76. The fraction of sp³-hybridized carbons (Fsp3) is 0.474. The van der Waals surface area contributed by atoms with E-state index in [-0.39, 0.29) is 22.4 Å². The third-order valence-electron chi connectivity index (χ3n) is 5.13. The van der Waals surface area contributed by atoms with Gasteiger partial charge in [-0.25, -0.2) is 4.39 Å². The smallest absolute Gasteiger partial charge is 0.242 e. The lowest BCUT2D eigenvalue weighted by Gasteiger charge is -2.40. The molecule has 0 aliphatic heterocycles. The van der Waals surface area contributed by atoms with Gasteiger partial charge in [-0.15, -0.1) is 0 Å². The maximum Gasteiger partial charge on any atom is 0.242 e. The van der Waals surface area contributed by atoms with Crippen LogP contribution >= 0.6 is 11.8 Å². The third-order valence-corrected chi connectivity index (χ3v) is 6.55. The molecule has 26 heavy (non-hydrogen) atoms. The maximum absolute atomic E-state index is 13.4. The summed E-state index contributed by atoms with van der Waals surface area (Å²) in [5.41, 5.74) is 1.55. The summed E-state index contributed by atoms with van der Waals surface area (Å²) in [5, 5.41) is 6.60. The second-order valence-corrected chi connectivity index (χ2v) is 8.19. The zero-order valence-electron chi connectivity index (χ0n) is 15.0. The minimum Gasteiger partial charge on any atom is -0.361 e. The van der Waals surface area contributed by atoms with E-state index in [2.05, 4.69) is 21.9 Å². The van der Waals surface area contributed by atoms with E-state index in [1.54, 1.807) is 24.0 Å². The second-order valence-electron chi connectivity index (χ2n) is 6.92. The Bertz CT molecular complexity index is 811. The van der Waals surface area contributed by atoms with Crippen LogP contribution in [-0.4, -0.2) is 40.4 Å². The molecule has 1 saturated carbocycles. The monoisotopic (exact) mass is 377 g/mol. The van der Waals surface area contributed by atoms with Crippen molar-refractivity contribution in [3.63, 3.8) is 0 Å². The van der Waals surface area contributed by atoms with Gasteiger partial charge in [0.1, 0.15) is 11.9 Å². The van der Waals surface area contributed by atoms with Gasteiger partial charge in [-0.2, -0.15) is 11.8 Å². The molecule has 0 saturated heterocycles. The van der Waals surface area contributed by atoms with Crippen molar-refractivity contribution < 1.29 is 14.0 Å². The summed E-state index contributed by atoms with van der Waals surface area (Å²) in [6.45, 7) is 2.02. The molecule has 3 N–H and O–H groups in total. The number of thioether (sulfide) groups is 1. The molecule has 1 aromatic carbocycles. The van der Waals surface area contributed by atoms with Crippen molar-refractivity contribution in [1.29, 1.82) is 0 Å². The zero-order valence-corrected chi connectivity index (χ0v) is 15.8. The number of amides is 2. The number of benzene rings is 1. The fourth-order valence-electron chi connectivity index (χ4n) is 3.40. The van der Waals surface area contributed by atoms with Crippen LogP contribution in [0.1, 0.15) is 31.7 Å². The summed E-state index contributed by atoms with van der Waals surface area (Å²) in [6.07, 6.45) is 7.59. The van der Waals surface area contributed by atoms with Crippen molar-refractivity contribution in [2.75, 3.05) is 12.8 Å². The van der Waals surface area contributed by atoms with Gasteiger partial charge in [0.2, 0.25) is 11.8 Å². The topological polar surface area (TPSA) is 74.0 Å². The Labute approximate surface area is 156 Å². The Kier molecular flexibility index (Phi) is 5.55. The molecule has 0 radical (unpaired) electrons. The van der Waals surface area contributed by atoms with Crippen LogP contribution in [0.2, 0.25) is 0 Å². The fourth-order valence-corrected chi connectivity index (χ4v) is 4.31. The molecule has 0 spiro atoms. The predicted molar refractivity (Wildman–Crippen MR) is 103 cm³/mol. The highest BCUT2D eigenvalue weighted by atomic mass is 32.2. The molecule has 1 aliphatic rings. The number of aromatic amines is 1. The maximum atomic E-state index is 13.4. The molecule has 1 aliphatic carbocycles. The van der Waals surface area contributed by atoms with Gasteiger partial charge in [0.15, 0.2) is 0 Å². The Hall–Kier alpha value is -2.02. The van der Waals surface area contributed by atoms with Crippen LogP contribution in [0.5, 0.6) is 0 Å². The number of carbonyl (C=O) groups excluding carboxylic acids is 2. The van der Waals surface area contributed by atoms with Gasteiger partial charge in [0.05, 0.1) is 0 Å². The number of halogens is 1. The Morgan fingerprint density at radius 2 is 2.15 bits per heavy atom. The zero-order chi connectivity index (χ0) is 18.7. The quantitative estimate of drug-likeness (QED) is 0.695. The van der Waals surface area contributed by atoms with Crippen LogP contribution in [-0.2, 0) is 16.0 Å². The van der Waals surface area contributed by atoms with Gasteiger partial charge >= 0.3 is 0 Å². The van der Waals surface area contributed by atoms with E-state index in [9.17, 15) is 14.0 Å². The minimum atomic E-state index is -0.657. The Morgan fingerprint density at radius 1 is 1.38 bits per heavy atom. The van der Waals surface area contributed by atoms with Crippen LogP contribution in [0, 0.1) is 5.82 Å². The molecule has 2 amide bonds. The normalized spacial score (nSPS) is 16.7. The standard InChI is InChI=1S/C19H24FN3O2S/c1-12(24)23-17(18(25)22-11-19(26-2)6-3-7-19)8-13-10-21-16-9-14(20)4-5-15(13)16/h4-5,9-10,17,21H,3,6-8,11H2,1-2H3,(H,22,25)(H,23,24). The van der Waals surface area contributed by atoms with Crippen molar-refractivity contribution in [2.24, 2.45) is 0 Å². The van der Waals surface area contributed by atoms with Crippen molar-refractivity contribution >= 4 is 34.5 Å². The van der Waals surface area contributed by atoms with Crippen LogP contribution in [0.3, 0.4) is 0 Å². The molecular weight excluding hydrogens is 353 g/mol. The number of hydrogen-bond acceptors (Lipinski definition) is 3. The van der Waals surface area contributed by atoms with Crippen LogP contribution < -0.4 is 10.6 Å². The first-order valence-corrected chi connectivity index (χ1v) is 10.0. The summed E-state index contributed by atoms with van der Waals surface area (Å²) in [4.78, 5) is 27.3. The first kappa shape index (κ1) is 18.8. The molecule has 1 heterocycles. The molecule has 1 fully saturated rings. The Morgan fingerprint density at radius 3 is 2.77 bits per heavy atom.